The van der Waals surface area contributed by atoms with Gasteiger partial charge in [0.25, 0.3) is 5.91 Å². The summed E-state index contributed by atoms with van der Waals surface area (Å²) >= 11 is 4.87. The number of aryl methyl sites for hydroxylation is 1. The Labute approximate surface area is 215 Å². The molecule has 0 unspecified atom stereocenters. The molecule has 7 heteroatoms. The van der Waals surface area contributed by atoms with Gasteiger partial charge in [0.15, 0.2) is 0 Å². The van der Waals surface area contributed by atoms with Crippen molar-refractivity contribution in [2.45, 2.75) is 6.92 Å². The summed E-state index contributed by atoms with van der Waals surface area (Å²) < 4.78 is 7.90. The second kappa shape index (κ2) is 10.2. The van der Waals surface area contributed by atoms with E-state index in [1.165, 1.54) is 16.3 Å². The van der Waals surface area contributed by atoms with Crippen LogP contribution in [0, 0.1) is 6.92 Å². The van der Waals surface area contributed by atoms with Gasteiger partial charge in [0.1, 0.15) is 11.5 Å². The number of rotatable bonds is 6. The van der Waals surface area contributed by atoms with Crippen LogP contribution in [0.25, 0.3) is 10.2 Å². The van der Waals surface area contributed by atoms with Crippen LogP contribution in [0.5, 0.6) is 11.5 Å². The minimum Gasteiger partial charge on any atom is -0.457 e. The zero-order chi connectivity index (χ0) is 24.2. The van der Waals surface area contributed by atoms with Gasteiger partial charge < -0.3 is 4.74 Å². The lowest BCUT2D eigenvalue weighted by Crippen LogP contribution is -2.25. The lowest BCUT2D eigenvalue weighted by molar-refractivity contribution is 0.0987. The third-order valence-corrected chi connectivity index (χ3v) is 6.68. The molecule has 0 saturated heterocycles. The summed E-state index contributed by atoms with van der Waals surface area (Å²) in [5.74, 6) is 0.968. The molecule has 1 amide bonds. The van der Waals surface area contributed by atoms with Crippen LogP contribution in [0.3, 0.4) is 0 Å². The van der Waals surface area contributed by atoms with Gasteiger partial charge in [-0.2, -0.15) is 10.1 Å². The maximum Gasteiger partial charge on any atom is 0.280 e. The van der Waals surface area contributed by atoms with Gasteiger partial charge in [-0.25, -0.2) is 4.98 Å². The number of carbonyl (C=O) groups is 1. The maximum absolute atomic E-state index is 13.7. The largest absolute Gasteiger partial charge is 0.457 e. The second-order valence-electron chi connectivity index (χ2n) is 7.82. The van der Waals surface area contributed by atoms with Crippen molar-refractivity contribution < 1.29 is 9.53 Å². The Morgan fingerprint density at radius 3 is 2.51 bits per heavy atom. The Kier molecular flexibility index (Phi) is 6.70. The number of benzene rings is 4. The molecule has 0 aliphatic rings. The molecule has 0 saturated carbocycles. The number of hydrazone groups is 1. The zero-order valence-electron chi connectivity index (χ0n) is 18.8. The monoisotopic (exact) mass is 541 g/mol. The topological polar surface area (TPSA) is 54.8 Å². The highest BCUT2D eigenvalue weighted by atomic mass is 79.9. The van der Waals surface area contributed by atoms with Crippen LogP contribution in [-0.2, 0) is 0 Å². The number of fused-ring (bicyclic) bond motifs is 1. The van der Waals surface area contributed by atoms with Gasteiger partial charge in [-0.3, -0.25) is 4.79 Å². The fourth-order valence-corrected chi connectivity index (χ4v) is 4.70. The summed E-state index contributed by atoms with van der Waals surface area (Å²) in [6, 6.07) is 30.3. The molecule has 0 spiro atoms. The zero-order valence-corrected chi connectivity index (χ0v) is 21.2. The Morgan fingerprint density at radius 2 is 1.71 bits per heavy atom. The predicted octanol–water partition coefficient (Wildman–Crippen LogP) is 7.84. The molecule has 0 N–H and O–H groups in total. The lowest BCUT2D eigenvalue weighted by atomic mass is 10.2. The number of thiazole rings is 1. The van der Waals surface area contributed by atoms with E-state index in [1.54, 1.807) is 24.4 Å². The highest BCUT2D eigenvalue weighted by Crippen LogP contribution is 2.31. The predicted molar refractivity (Wildman–Crippen MR) is 146 cm³/mol. The van der Waals surface area contributed by atoms with Crippen LogP contribution < -0.4 is 9.75 Å². The average Bonchev–Trinajstić information content (AvgIpc) is 3.29. The van der Waals surface area contributed by atoms with Crippen LogP contribution in [0.2, 0.25) is 0 Å². The van der Waals surface area contributed by atoms with E-state index in [0.717, 1.165) is 25.8 Å². The van der Waals surface area contributed by atoms with E-state index in [9.17, 15) is 4.79 Å². The molecule has 5 rings (SSSR count). The number of aromatic nitrogens is 1. The fourth-order valence-electron chi connectivity index (χ4n) is 3.41. The van der Waals surface area contributed by atoms with E-state index >= 15 is 0 Å². The third-order valence-electron chi connectivity index (χ3n) is 5.16. The van der Waals surface area contributed by atoms with E-state index in [1.807, 2.05) is 79.7 Å². The van der Waals surface area contributed by atoms with Gasteiger partial charge in [-0.1, -0.05) is 69.7 Å². The average molecular weight is 542 g/mol. The van der Waals surface area contributed by atoms with Crippen molar-refractivity contribution in [3.8, 4) is 11.5 Å². The van der Waals surface area contributed by atoms with Crippen LogP contribution >= 0.6 is 27.3 Å². The van der Waals surface area contributed by atoms with Crippen molar-refractivity contribution in [2.75, 3.05) is 5.01 Å². The summed E-state index contributed by atoms with van der Waals surface area (Å²) in [5.41, 5.74) is 3.27. The van der Waals surface area contributed by atoms with E-state index in [4.69, 9.17) is 4.74 Å². The Bertz CT molecular complexity index is 1510. The van der Waals surface area contributed by atoms with E-state index in [-0.39, 0.29) is 5.91 Å². The molecule has 35 heavy (non-hydrogen) atoms. The number of para-hydroxylation sites is 1. The number of ether oxygens (including phenoxy) is 1. The molecule has 0 aliphatic carbocycles. The molecule has 0 fully saturated rings. The van der Waals surface area contributed by atoms with Crippen LogP contribution in [-0.4, -0.2) is 17.1 Å². The summed E-state index contributed by atoms with van der Waals surface area (Å²) in [7, 11) is 0. The quantitative estimate of drug-likeness (QED) is 0.162. The van der Waals surface area contributed by atoms with Gasteiger partial charge in [-0.05, 0) is 72.6 Å². The number of anilines is 1. The molecular weight excluding hydrogens is 522 g/mol. The normalized spacial score (nSPS) is 11.1. The number of hydrogen-bond donors (Lipinski definition) is 0. The number of amides is 1. The highest BCUT2D eigenvalue weighted by Gasteiger charge is 2.21. The number of carbonyl (C=O) groups excluding carboxylic acids is 1. The van der Waals surface area contributed by atoms with Crippen molar-refractivity contribution in [3.05, 3.63) is 118 Å². The molecule has 0 atom stereocenters. The Morgan fingerprint density at radius 1 is 0.943 bits per heavy atom. The molecule has 1 heterocycles. The van der Waals surface area contributed by atoms with Crippen molar-refractivity contribution in [3.63, 3.8) is 0 Å². The molecule has 0 bridgehead atoms. The molecule has 0 aliphatic heterocycles. The first-order valence-corrected chi connectivity index (χ1v) is 12.5. The summed E-state index contributed by atoms with van der Waals surface area (Å²) in [5, 5.41) is 6.40. The SMILES string of the molecule is Cc1ccc2nc(N(/N=C/c3ccc(Br)cc3)C(=O)c3cccc(Oc4ccccc4)c3)sc2c1. The maximum atomic E-state index is 13.7. The molecular formula is C28H20BrN3O2S. The number of hydrogen-bond acceptors (Lipinski definition) is 5. The van der Waals surface area contributed by atoms with Crippen molar-refractivity contribution >= 4 is 54.7 Å². The highest BCUT2D eigenvalue weighted by molar-refractivity contribution is 9.10. The minimum absolute atomic E-state index is 0.298. The molecule has 5 nitrogen and oxygen atoms in total. The van der Waals surface area contributed by atoms with Crippen molar-refractivity contribution in [1.29, 1.82) is 0 Å². The first-order chi connectivity index (χ1) is 17.0. The summed E-state index contributed by atoms with van der Waals surface area (Å²) in [4.78, 5) is 18.4. The fraction of sp³-hybridized carbons (Fsp3) is 0.0357. The Hall–Kier alpha value is -3.81. The van der Waals surface area contributed by atoms with Gasteiger partial charge in [0.05, 0.1) is 16.4 Å². The lowest BCUT2D eigenvalue weighted by Gasteiger charge is -2.14. The second-order valence-corrected chi connectivity index (χ2v) is 9.75. The van der Waals surface area contributed by atoms with Gasteiger partial charge >= 0.3 is 0 Å². The van der Waals surface area contributed by atoms with E-state index in [0.29, 0.717) is 22.2 Å². The molecule has 4 aromatic carbocycles. The molecule has 1 aromatic heterocycles. The summed E-state index contributed by atoms with van der Waals surface area (Å²) in [6.45, 7) is 2.03. The number of halogens is 1. The molecule has 172 valence electrons. The summed E-state index contributed by atoms with van der Waals surface area (Å²) in [6.07, 6.45) is 1.66. The van der Waals surface area contributed by atoms with Crippen molar-refractivity contribution in [1.82, 2.24) is 4.98 Å². The molecule has 0 radical (unpaired) electrons. The Balaban J connectivity index is 1.50. The number of nitrogens with zero attached hydrogens (tertiary/aromatic N) is 3. The van der Waals surface area contributed by atoms with Crippen molar-refractivity contribution in [2.24, 2.45) is 5.10 Å². The van der Waals surface area contributed by atoms with E-state index < -0.39 is 0 Å². The minimum atomic E-state index is -0.298. The van der Waals surface area contributed by atoms with Gasteiger partial charge in [-0.15, -0.1) is 0 Å². The smallest absolute Gasteiger partial charge is 0.280 e. The van der Waals surface area contributed by atoms with Crippen LogP contribution in [0.1, 0.15) is 21.5 Å². The first kappa shape index (κ1) is 23.0. The molecule has 5 aromatic rings. The standard InChI is InChI=1S/C28H20BrN3O2S/c1-19-10-15-25-26(16-19)35-28(31-25)32(30-18-20-11-13-22(29)14-12-20)27(33)21-6-5-9-24(17-21)34-23-7-3-2-4-8-23/h2-18H,1H3/b30-18+. The van der Waals surface area contributed by atoms with E-state index in [2.05, 4.69) is 32.1 Å². The van der Waals surface area contributed by atoms with Gasteiger partial charge in [0.2, 0.25) is 5.13 Å². The third kappa shape index (κ3) is 5.48. The first-order valence-electron chi connectivity index (χ1n) is 10.9. The van der Waals surface area contributed by atoms with Crippen LogP contribution in [0.15, 0.2) is 107 Å². The van der Waals surface area contributed by atoms with Gasteiger partial charge in [0, 0.05) is 10.0 Å². The van der Waals surface area contributed by atoms with Crippen LogP contribution in [0.4, 0.5) is 5.13 Å².